The van der Waals surface area contributed by atoms with E-state index < -0.39 is 0 Å². The average Bonchev–Trinajstić information content (AvgIpc) is 2.41. The van der Waals surface area contributed by atoms with E-state index in [2.05, 4.69) is 36.5 Å². The van der Waals surface area contributed by atoms with Gasteiger partial charge in [-0.15, -0.1) is 12.4 Å². The highest BCUT2D eigenvalue weighted by Gasteiger charge is 2.24. The first kappa shape index (κ1) is 16.0. The molecule has 0 bridgehead atoms. The van der Waals surface area contributed by atoms with Gasteiger partial charge in [0.2, 0.25) is 5.91 Å². The molecule has 4 nitrogen and oxygen atoms in total. The maximum atomic E-state index is 12.2. The second kappa shape index (κ2) is 7.48. The molecule has 1 aromatic carbocycles. The number of halogens is 1. The number of hydrogen-bond acceptors (Lipinski definition) is 3. The van der Waals surface area contributed by atoms with Crippen LogP contribution in [0.5, 0.6) is 0 Å². The molecule has 1 aliphatic heterocycles. The Morgan fingerprint density at radius 1 is 1.42 bits per heavy atom. The van der Waals surface area contributed by atoms with Crippen LogP contribution in [0.15, 0.2) is 24.3 Å². The van der Waals surface area contributed by atoms with Crippen LogP contribution in [0.25, 0.3) is 0 Å². The van der Waals surface area contributed by atoms with Crippen LogP contribution < -0.4 is 5.32 Å². The van der Waals surface area contributed by atoms with Crippen molar-refractivity contribution in [2.24, 2.45) is 0 Å². The largest absolute Gasteiger partial charge is 0.378 e. The van der Waals surface area contributed by atoms with Crippen molar-refractivity contribution in [3.63, 3.8) is 0 Å². The molecule has 0 spiro atoms. The second-order valence-corrected chi connectivity index (χ2v) is 4.76. The van der Waals surface area contributed by atoms with Gasteiger partial charge in [0.25, 0.3) is 0 Å². The number of nitrogens with one attached hydrogen (secondary N) is 1. The third-order valence-electron chi connectivity index (χ3n) is 3.14. The van der Waals surface area contributed by atoms with Crippen molar-refractivity contribution < 1.29 is 9.53 Å². The second-order valence-electron chi connectivity index (χ2n) is 4.76. The number of likely N-dealkylation sites (N-methyl/N-ethyl adjacent to an activating group) is 1. The summed E-state index contributed by atoms with van der Waals surface area (Å²) in [4.78, 5) is 13.9. The van der Waals surface area contributed by atoms with E-state index in [9.17, 15) is 4.79 Å². The van der Waals surface area contributed by atoms with Crippen molar-refractivity contribution in [1.29, 1.82) is 0 Å². The van der Waals surface area contributed by atoms with E-state index in [1.165, 1.54) is 5.56 Å². The van der Waals surface area contributed by atoms with Crippen LogP contribution in [0.1, 0.15) is 11.1 Å². The van der Waals surface area contributed by atoms with E-state index in [1.54, 1.807) is 4.90 Å². The maximum Gasteiger partial charge on any atom is 0.242 e. The van der Waals surface area contributed by atoms with Crippen molar-refractivity contribution >= 4 is 18.3 Å². The van der Waals surface area contributed by atoms with Gasteiger partial charge in [-0.1, -0.05) is 29.8 Å². The molecular formula is C14H21ClN2O2. The number of hydrogen-bond donors (Lipinski definition) is 1. The molecule has 0 saturated carbocycles. The van der Waals surface area contributed by atoms with Gasteiger partial charge < -0.3 is 15.0 Å². The number of carbonyl (C=O) groups is 1. The molecule has 1 fully saturated rings. The molecule has 0 aromatic heterocycles. The summed E-state index contributed by atoms with van der Waals surface area (Å²) in [5, 5.41) is 3.18. The lowest BCUT2D eigenvalue weighted by Gasteiger charge is -2.27. The Kier molecular flexibility index (Phi) is 6.28. The molecule has 1 heterocycles. The molecule has 0 aliphatic carbocycles. The third kappa shape index (κ3) is 4.49. The first-order valence-corrected chi connectivity index (χ1v) is 6.28. The molecule has 1 saturated heterocycles. The van der Waals surface area contributed by atoms with Gasteiger partial charge in [0.05, 0.1) is 13.2 Å². The molecule has 0 radical (unpaired) electrons. The molecule has 19 heavy (non-hydrogen) atoms. The minimum atomic E-state index is -0.200. The highest BCUT2D eigenvalue weighted by atomic mass is 35.5. The molecule has 1 unspecified atom stereocenters. The Morgan fingerprint density at radius 2 is 2.11 bits per heavy atom. The zero-order valence-electron chi connectivity index (χ0n) is 11.4. The minimum Gasteiger partial charge on any atom is -0.378 e. The summed E-state index contributed by atoms with van der Waals surface area (Å²) in [5.74, 6) is 0.0928. The first-order chi connectivity index (χ1) is 8.66. The van der Waals surface area contributed by atoms with Crippen molar-refractivity contribution in [1.82, 2.24) is 10.2 Å². The number of aryl methyl sites for hydroxylation is 1. The van der Waals surface area contributed by atoms with E-state index in [0.29, 0.717) is 19.8 Å². The highest BCUT2D eigenvalue weighted by Crippen LogP contribution is 2.07. The predicted octanol–water partition coefficient (Wildman–Crippen LogP) is 1.36. The fourth-order valence-electron chi connectivity index (χ4n) is 2.04. The lowest BCUT2D eigenvalue weighted by Crippen LogP contribution is -2.51. The van der Waals surface area contributed by atoms with Crippen molar-refractivity contribution in [3.8, 4) is 0 Å². The minimum absolute atomic E-state index is 0. The number of ether oxygens (including phenoxy) is 1. The summed E-state index contributed by atoms with van der Waals surface area (Å²) in [5.41, 5.74) is 2.38. The van der Waals surface area contributed by atoms with Crippen LogP contribution in [0.3, 0.4) is 0 Å². The monoisotopic (exact) mass is 284 g/mol. The van der Waals surface area contributed by atoms with Crippen LogP contribution >= 0.6 is 12.4 Å². The molecule has 1 N–H and O–H groups in total. The van der Waals surface area contributed by atoms with Gasteiger partial charge in [-0.25, -0.2) is 0 Å². The number of rotatable bonds is 3. The van der Waals surface area contributed by atoms with Crippen LogP contribution in [-0.2, 0) is 16.1 Å². The summed E-state index contributed by atoms with van der Waals surface area (Å²) in [6, 6.07) is 8.05. The standard InChI is InChI=1S/C14H20N2O2.ClH/c1-11-3-5-12(6-4-11)9-16(2)14(17)13-10-18-8-7-15-13;/h3-6,13,15H,7-10H2,1-2H3;1H. The first-order valence-electron chi connectivity index (χ1n) is 6.28. The molecule has 1 atom stereocenters. The Morgan fingerprint density at radius 3 is 2.68 bits per heavy atom. The SMILES string of the molecule is Cc1ccc(CN(C)C(=O)C2COCCN2)cc1.Cl. The number of nitrogens with zero attached hydrogens (tertiary/aromatic N) is 1. The summed E-state index contributed by atoms with van der Waals surface area (Å²) in [6.45, 7) is 4.59. The van der Waals surface area contributed by atoms with Gasteiger partial charge in [-0.2, -0.15) is 0 Å². The number of morpholine rings is 1. The van der Waals surface area contributed by atoms with Gasteiger partial charge in [0.1, 0.15) is 6.04 Å². The van der Waals surface area contributed by atoms with Crippen LogP contribution in [0, 0.1) is 6.92 Å². The molecule has 1 aromatic rings. The topological polar surface area (TPSA) is 41.6 Å². The van der Waals surface area contributed by atoms with E-state index in [1.807, 2.05) is 7.05 Å². The summed E-state index contributed by atoms with van der Waals surface area (Å²) in [7, 11) is 1.83. The van der Waals surface area contributed by atoms with Crippen LogP contribution in [-0.4, -0.2) is 43.7 Å². The van der Waals surface area contributed by atoms with Gasteiger partial charge in [-0.05, 0) is 12.5 Å². The van der Waals surface area contributed by atoms with E-state index in [-0.39, 0.29) is 24.4 Å². The molecule has 2 rings (SSSR count). The Hall–Kier alpha value is -1.10. The molecule has 1 amide bonds. The van der Waals surface area contributed by atoms with E-state index >= 15 is 0 Å². The van der Waals surface area contributed by atoms with E-state index in [4.69, 9.17) is 4.74 Å². The number of carbonyl (C=O) groups excluding carboxylic acids is 1. The number of benzene rings is 1. The summed E-state index contributed by atoms with van der Waals surface area (Å²) >= 11 is 0. The van der Waals surface area contributed by atoms with Crippen molar-refractivity contribution in [3.05, 3.63) is 35.4 Å². The van der Waals surface area contributed by atoms with Crippen LogP contribution in [0.2, 0.25) is 0 Å². The van der Waals surface area contributed by atoms with Gasteiger partial charge in [0.15, 0.2) is 0 Å². The highest BCUT2D eigenvalue weighted by molar-refractivity contribution is 5.85. The quantitative estimate of drug-likeness (QED) is 0.911. The van der Waals surface area contributed by atoms with Gasteiger partial charge in [-0.3, -0.25) is 4.79 Å². The lowest BCUT2D eigenvalue weighted by molar-refractivity contribution is -0.135. The molecule has 5 heteroatoms. The Balaban J connectivity index is 0.00000180. The molecular weight excluding hydrogens is 264 g/mol. The molecule has 1 aliphatic rings. The van der Waals surface area contributed by atoms with Crippen molar-refractivity contribution in [2.45, 2.75) is 19.5 Å². The fraction of sp³-hybridized carbons (Fsp3) is 0.500. The zero-order chi connectivity index (χ0) is 13.0. The molecule has 106 valence electrons. The summed E-state index contributed by atoms with van der Waals surface area (Å²) < 4.78 is 5.31. The maximum absolute atomic E-state index is 12.2. The normalized spacial score (nSPS) is 18.5. The number of amides is 1. The fourth-order valence-corrected chi connectivity index (χ4v) is 2.04. The Bertz CT molecular complexity index is 402. The zero-order valence-corrected chi connectivity index (χ0v) is 12.2. The average molecular weight is 285 g/mol. The summed E-state index contributed by atoms with van der Waals surface area (Å²) in [6.07, 6.45) is 0. The smallest absolute Gasteiger partial charge is 0.242 e. The van der Waals surface area contributed by atoms with Crippen molar-refractivity contribution in [2.75, 3.05) is 26.8 Å². The van der Waals surface area contributed by atoms with Crippen LogP contribution in [0.4, 0.5) is 0 Å². The van der Waals surface area contributed by atoms with Gasteiger partial charge in [0, 0.05) is 20.1 Å². The Labute approximate surface area is 120 Å². The predicted molar refractivity (Wildman–Crippen MR) is 77.5 cm³/mol. The van der Waals surface area contributed by atoms with Gasteiger partial charge >= 0.3 is 0 Å². The van der Waals surface area contributed by atoms with E-state index in [0.717, 1.165) is 12.1 Å². The lowest BCUT2D eigenvalue weighted by atomic mass is 10.1. The third-order valence-corrected chi connectivity index (χ3v) is 3.14.